The molecule has 1 amide bonds. The van der Waals surface area contributed by atoms with Crippen molar-refractivity contribution in [1.29, 1.82) is 0 Å². The van der Waals surface area contributed by atoms with Gasteiger partial charge in [0.25, 0.3) is 5.91 Å². The lowest BCUT2D eigenvalue weighted by Crippen LogP contribution is -2.46. The van der Waals surface area contributed by atoms with E-state index in [9.17, 15) is 4.79 Å². The number of nitrogens with one attached hydrogen (secondary N) is 2. The Bertz CT molecular complexity index is 540. The van der Waals surface area contributed by atoms with Crippen molar-refractivity contribution < 1.29 is 4.79 Å². The lowest BCUT2D eigenvalue weighted by Gasteiger charge is -2.27. The molecule has 4 heteroatoms. The van der Waals surface area contributed by atoms with Crippen LogP contribution < -0.4 is 5.32 Å². The molecule has 1 aliphatic rings. The van der Waals surface area contributed by atoms with Gasteiger partial charge in [-0.3, -0.25) is 4.79 Å². The van der Waals surface area contributed by atoms with Crippen molar-refractivity contribution >= 4 is 16.8 Å². The van der Waals surface area contributed by atoms with Crippen molar-refractivity contribution in [3.05, 3.63) is 36.0 Å². The molecule has 1 saturated heterocycles. The number of fused-ring (bicyclic) bond motifs is 1. The number of benzene rings is 1. The summed E-state index contributed by atoms with van der Waals surface area (Å²) in [5, 5.41) is 4.39. The van der Waals surface area contributed by atoms with Crippen molar-refractivity contribution in [2.24, 2.45) is 0 Å². The van der Waals surface area contributed by atoms with Crippen LogP contribution in [0.15, 0.2) is 30.5 Å². The Balaban J connectivity index is 1.88. The van der Waals surface area contributed by atoms with E-state index < -0.39 is 0 Å². The van der Waals surface area contributed by atoms with Gasteiger partial charge in [0.1, 0.15) is 0 Å². The Kier molecular flexibility index (Phi) is 2.57. The molecular formula is C13H15N3O. The molecule has 1 aliphatic heterocycles. The third-order valence-electron chi connectivity index (χ3n) is 3.21. The largest absolute Gasteiger partial charge is 0.361 e. The number of carbonyl (C=O) groups is 1. The maximum Gasteiger partial charge on any atom is 0.254 e. The number of aromatic amines is 1. The summed E-state index contributed by atoms with van der Waals surface area (Å²) in [6.45, 7) is 3.36. The lowest BCUT2D eigenvalue weighted by atomic mass is 10.1. The minimum atomic E-state index is 0.128. The van der Waals surface area contributed by atoms with Crippen molar-refractivity contribution in [1.82, 2.24) is 15.2 Å². The van der Waals surface area contributed by atoms with Crippen LogP contribution in [0.2, 0.25) is 0 Å². The summed E-state index contributed by atoms with van der Waals surface area (Å²) >= 11 is 0. The van der Waals surface area contributed by atoms with Crippen LogP contribution in [0.1, 0.15) is 10.4 Å². The number of carbonyl (C=O) groups excluding carboxylic acids is 1. The second-order valence-electron chi connectivity index (χ2n) is 4.32. The highest BCUT2D eigenvalue weighted by molar-refractivity contribution is 5.98. The molecule has 2 heterocycles. The van der Waals surface area contributed by atoms with Gasteiger partial charge in [0.15, 0.2) is 0 Å². The van der Waals surface area contributed by atoms with Gasteiger partial charge < -0.3 is 15.2 Å². The average Bonchev–Trinajstić information content (AvgIpc) is 2.86. The summed E-state index contributed by atoms with van der Waals surface area (Å²) in [6, 6.07) is 7.83. The molecule has 88 valence electrons. The van der Waals surface area contributed by atoms with Gasteiger partial charge in [0.2, 0.25) is 0 Å². The Morgan fingerprint density at radius 3 is 2.82 bits per heavy atom. The molecule has 0 radical (unpaired) electrons. The molecule has 0 bridgehead atoms. The number of amides is 1. The zero-order chi connectivity index (χ0) is 11.7. The standard InChI is InChI=1S/C13H15N3O/c17-13(16-7-5-14-6-8-16)11-2-1-10-3-4-15-12(10)9-11/h1-4,9,14-15H,5-8H2. The maximum atomic E-state index is 12.2. The molecule has 17 heavy (non-hydrogen) atoms. The molecule has 0 unspecified atom stereocenters. The van der Waals surface area contributed by atoms with Crippen LogP contribution >= 0.6 is 0 Å². The Labute approximate surface area is 99.6 Å². The SMILES string of the molecule is O=C(c1ccc2cc[nH]c2c1)N1CCNCC1. The lowest BCUT2D eigenvalue weighted by molar-refractivity contribution is 0.0736. The molecule has 2 N–H and O–H groups in total. The fourth-order valence-corrected chi connectivity index (χ4v) is 2.23. The summed E-state index contributed by atoms with van der Waals surface area (Å²) < 4.78 is 0. The van der Waals surface area contributed by atoms with Crippen LogP contribution in [0.5, 0.6) is 0 Å². The fourth-order valence-electron chi connectivity index (χ4n) is 2.23. The third-order valence-corrected chi connectivity index (χ3v) is 3.21. The first-order chi connectivity index (χ1) is 8.34. The molecule has 1 aromatic heterocycles. The summed E-state index contributed by atoms with van der Waals surface area (Å²) in [6.07, 6.45) is 1.89. The summed E-state index contributed by atoms with van der Waals surface area (Å²) in [5.74, 6) is 0.128. The monoisotopic (exact) mass is 229 g/mol. The van der Waals surface area contributed by atoms with E-state index in [2.05, 4.69) is 10.3 Å². The quantitative estimate of drug-likeness (QED) is 0.772. The van der Waals surface area contributed by atoms with Crippen molar-refractivity contribution in [3.63, 3.8) is 0 Å². The smallest absolute Gasteiger partial charge is 0.254 e. The van der Waals surface area contributed by atoms with E-state index in [4.69, 9.17) is 0 Å². The maximum absolute atomic E-state index is 12.2. The van der Waals surface area contributed by atoms with Gasteiger partial charge in [0, 0.05) is 43.5 Å². The van der Waals surface area contributed by atoms with Crippen LogP contribution in [0, 0.1) is 0 Å². The van der Waals surface area contributed by atoms with Gasteiger partial charge in [-0.2, -0.15) is 0 Å². The molecule has 3 rings (SSSR count). The van der Waals surface area contributed by atoms with Crippen LogP contribution in [0.3, 0.4) is 0 Å². The highest BCUT2D eigenvalue weighted by Gasteiger charge is 2.17. The second-order valence-corrected chi connectivity index (χ2v) is 4.32. The average molecular weight is 229 g/mol. The van der Waals surface area contributed by atoms with E-state index in [1.54, 1.807) is 0 Å². The van der Waals surface area contributed by atoms with Gasteiger partial charge in [-0.25, -0.2) is 0 Å². The number of hydrogen-bond donors (Lipinski definition) is 2. The Morgan fingerprint density at radius 2 is 2.00 bits per heavy atom. The minimum absolute atomic E-state index is 0.128. The van der Waals surface area contributed by atoms with Gasteiger partial charge in [-0.05, 0) is 23.6 Å². The zero-order valence-corrected chi connectivity index (χ0v) is 9.57. The van der Waals surface area contributed by atoms with Crippen LogP contribution in [0.25, 0.3) is 10.9 Å². The predicted octanol–water partition coefficient (Wildman–Crippen LogP) is 1.21. The molecular weight excluding hydrogens is 214 g/mol. The van der Waals surface area contributed by atoms with E-state index in [0.29, 0.717) is 0 Å². The minimum Gasteiger partial charge on any atom is -0.361 e. The topological polar surface area (TPSA) is 48.1 Å². The van der Waals surface area contributed by atoms with Crippen molar-refractivity contribution in [2.75, 3.05) is 26.2 Å². The second kappa shape index (κ2) is 4.22. The number of aromatic nitrogens is 1. The van der Waals surface area contributed by atoms with Gasteiger partial charge in [0.05, 0.1) is 0 Å². The Hall–Kier alpha value is -1.81. The van der Waals surface area contributed by atoms with Crippen LogP contribution in [-0.4, -0.2) is 42.0 Å². The van der Waals surface area contributed by atoms with E-state index >= 15 is 0 Å². The fraction of sp³-hybridized carbons (Fsp3) is 0.308. The Morgan fingerprint density at radius 1 is 1.18 bits per heavy atom. The highest BCUT2D eigenvalue weighted by Crippen LogP contribution is 2.15. The molecule has 0 aliphatic carbocycles. The zero-order valence-electron chi connectivity index (χ0n) is 9.57. The van der Waals surface area contributed by atoms with Gasteiger partial charge in [-0.15, -0.1) is 0 Å². The molecule has 4 nitrogen and oxygen atoms in total. The van der Waals surface area contributed by atoms with Crippen molar-refractivity contribution in [2.45, 2.75) is 0 Å². The van der Waals surface area contributed by atoms with E-state index in [1.165, 1.54) is 0 Å². The first-order valence-electron chi connectivity index (χ1n) is 5.92. The van der Waals surface area contributed by atoms with E-state index in [-0.39, 0.29) is 5.91 Å². The highest BCUT2D eigenvalue weighted by atomic mass is 16.2. The van der Waals surface area contributed by atoms with Gasteiger partial charge in [-0.1, -0.05) is 6.07 Å². The number of hydrogen-bond acceptors (Lipinski definition) is 2. The van der Waals surface area contributed by atoms with Crippen molar-refractivity contribution in [3.8, 4) is 0 Å². The number of nitrogens with zero attached hydrogens (tertiary/aromatic N) is 1. The first kappa shape index (κ1) is 10.4. The molecule has 0 spiro atoms. The summed E-state index contributed by atoms with van der Waals surface area (Å²) in [5.41, 5.74) is 1.79. The summed E-state index contributed by atoms with van der Waals surface area (Å²) in [4.78, 5) is 17.3. The molecule has 1 fully saturated rings. The molecule has 1 aromatic carbocycles. The number of H-pyrrole nitrogens is 1. The molecule has 2 aromatic rings. The van der Waals surface area contributed by atoms with Gasteiger partial charge >= 0.3 is 0 Å². The van der Waals surface area contributed by atoms with E-state index in [0.717, 1.165) is 42.6 Å². The number of rotatable bonds is 1. The predicted molar refractivity (Wildman–Crippen MR) is 67.1 cm³/mol. The van der Waals surface area contributed by atoms with E-state index in [1.807, 2.05) is 35.4 Å². The third kappa shape index (κ3) is 1.91. The number of piperazine rings is 1. The molecule has 0 saturated carbocycles. The first-order valence-corrected chi connectivity index (χ1v) is 5.92. The summed E-state index contributed by atoms with van der Waals surface area (Å²) in [7, 11) is 0. The van der Waals surface area contributed by atoms with Crippen LogP contribution in [0.4, 0.5) is 0 Å². The van der Waals surface area contributed by atoms with Crippen LogP contribution in [-0.2, 0) is 0 Å². The molecule has 0 atom stereocenters. The normalized spacial score (nSPS) is 16.4.